The maximum atomic E-state index is 12.3. The lowest BCUT2D eigenvalue weighted by molar-refractivity contribution is -0.145. The standard InChI is InChI=1S/C13H20N2O2S/c16-11-8-15(7-9-3-5-18-6-4-9)13(17)12(14-11)10-1-2-10/h9-10,12H,1-8H2,(H,14,16). The third kappa shape index (κ3) is 2.66. The monoisotopic (exact) mass is 268 g/mol. The third-order valence-corrected chi connectivity index (χ3v) is 5.19. The first-order valence-corrected chi connectivity index (χ1v) is 8.05. The Morgan fingerprint density at radius 2 is 1.89 bits per heavy atom. The minimum Gasteiger partial charge on any atom is -0.342 e. The van der Waals surface area contributed by atoms with Gasteiger partial charge in [-0.3, -0.25) is 9.59 Å². The molecule has 18 heavy (non-hydrogen) atoms. The number of nitrogens with one attached hydrogen (secondary N) is 1. The number of rotatable bonds is 3. The van der Waals surface area contributed by atoms with Crippen molar-refractivity contribution in [1.82, 2.24) is 10.2 Å². The molecule has 1 atom stereocenters. The van der Waals surface area contributed by atoms with Crippen molar-refractivity contribution in [2.75, 3.05) is 24.6 Å². The van der Waals surface area contributed by atoms with Gasteiger partial charge in [0.1, 0.15) is 6.04 Å². The van der Waals surface area contributed by atoms with Crippen molar-refractivity contribution >= 4 is 23.6 Å². The summed E-state index contributed by atoms with van der Waals surface area (Å²) in [4.78, 5) is 25.8. The van der Waals surface area contributed by atoms with Gasteiger partial charge in [-0.1, -0.05) is 0 Å². The Morgan fingerprint density at radius 3 is 2.56 bits per heavy atom. The molecule has 1 aliphatic carbocycles. The van der Waals surface area contributed by atoms with Crippen molar-refractivity contribution in [3.05, 3.63) is 0 Å². The average Bonchev–Trinajstić information content (AvgIpc) is 3.19. The zero-order valence-corrected chi connectivity index (χ0v) is 11.4. The topological polar surface area (TPSA) is 49.4 Å². The van der Waals surface area contributed by atoms with Crippen LogP contribution in [0, 0.1) is 11.8 Å². The van der Waals surface area contributed by atoms with E-state index in [1.165, 1.54) is 24.3 Å². The van der Waals surface area contributed by atoms with Crippen LogP contribution in [0.3, 0.4) is 0 Å². The summed E-state index contributed by atoms with van der Waals surface area (Å²) in [5.74, 6) is 3.59. The van der Waals surface area contributed by atoms with E-state index in [0.29, 0.717) is 11.8 Å². The summed E-state index contributed by atoms with van der Waals surface area (Å²) in [5, 5.41) is 2.86. The van der Waals surface area contributed by atoms with Crippen LogP contribution in [-0.2, 0) is 9.59 Å². The molecule has 4 nitrogen and oxygen atoms in total. The van der Waals surface area contributed by atoms with Crippen molar-refractivity contribution in [2.24, 2.45) is 11.8 Å². The molecule has 1 saturated carbocycles. The lowest BCUT2D eigenvalue weighted by Gasteiger charge is -2.35. The molecule has 0 aromatic heterocycles. The molecule has 3 fully saturated rings. The Morgan fingerprint density at radius 1 is 1.17 bits per heavy atom. The van der Waals surface area contributed by atoms with E-state index in [-0.39, 0.29) is 24.4 Å². The lowest BCUT2D eigenvalue weighted by Crippen LogP contribution is -2.59. The van der Waals surface area contributed by atoms with Crippen molar-refractivity contribution in [3.63, 3.8) is 0 Å². The van der Waals surface area contributed by atoms with E-state index in [1.54, 1.807) is 0 Å². The quantitative estimate of drug-likeness (QED) is 0.826. The number of hydrogen-bond donors (Lipinski definition) is 1. The van der Waals surface area contributed by atoms with Crippen molar-refractivity contribution < 1.29 is 9.59 Å². The van der Waals surface area contributed by atoms with Crippen LogP contribution >= 0.6 is 11.8 Å². The fourth-order valence-corrected chi connectivity index (χ4v) is 4.08. The zero-order chi connectivity index (χ0) is 12.5. The molecule has 0 spiro atoms. The van der Waals surface area contributed by atoms with E-state index < -0.39 is 0 Å². The normalized spacial score (nSPS) is 30.4. The van der Waals surface area contributed by atoms with E-state index in [2.05, 4.69) is 5.32 Å². The fourth-order valence-electron chi connectivity index (χ4n) is 2.87. The van der Waals surface area contributed by atoms with Gasteiger partial charge in [-0.25, -0.2) is 0 Å². The Balaban J connectivity index is 1.62. The second kappa shape index (κ2) is 5.11. The highest BCUT2D eigenvalue weighted by atomic mass is 32.2. The first kappa shape index (κ1) is 12.3. The molecule has 2 amide bonds. The van der Waals surface area contributed by atoms with Crippen LogP contribution in [0.1, 0.15) is 25.7 Å². The number of hydrogen-bond acceptors (Lipinski definition) is 3. The molecule has 0 aromatic rings. The van der Waals surface area contributed by atoms with Gasteiger partial charge in [0, 0.05) is 6.54 Å². The Hall–Kier alpha value is -0.710. The molecule has 1 N–H and O–H groups in total. The average molecular weight is 268 g/mol. The second-order valence-electron chi connectivity index (χ2n) is 5.66. The Bertz CT molecular complexity index is 351. The van der Waals surface area contributed by atoms with Gasteiger partial charge in [0.2, 0.25) is 11.8 Å². The van der Waals surface area contributed by atoms with Crippen LogP contribution in [-0.4, -0.2) is 47.4 Å². The second-order valence-corrected chi connectivity index (χ2v) is 6.88. The van der Waals surface area contributed by atoms with Crippen LogP contribution in [0.5, 0.6) is 0 Å². The molecule has 3 aliphatic rings. The highest BCUT2D eigenvalue weighted by Crippen LogP contribution is 2.34. The first-order chi connectivity index (χ1) is 8.74. The fraction of sp³-hybridized carbons (Fsp3) is 0.846. The zero-order valence-electron chi connectivity index (χ0n) is 10.6. The molecule has 3 rings (SSSR count). The van der Waals surface area contributed by atoms with Gasteiger partial charge in [0.15, 0.2) is 0 Å². The van der Waals surface area contributed by atoms with Gasteiger partial charge in [-0.15, -0.1) is 0 Å². The minimum atomic E-state index is -0.218. The van der Waals surface area contributed by atoms with Crippen LogP contribution in [0.4, 0.5) is 0 Å². The van der Waals surface area contributed by atoms with Crippen molar-refractivity contribution in [1.29, 1.82) is 0 Å². The number of carbonyl (C=O) groups excluding carboxylic acids is 2. The summed E-state index contributed by atoms with van der Waals surface area (Å²) in [5.41, 5.74) is 0. The summed E-state index contributed by atoms with van der Waals surface area (Å²) in [7, 11) is 0. The van der Waals surface area contributed by atoms with Gasteiger partial charge in [-0.05, 0) is 49.0 Å². The van der Waals surface area contributed by atoms with E-state index >= 15 is 0 Å². The Labute approximate surface area is 112 Å². The smallest absolute Gasteiger partial charge is 0.245 e. The molecule has 2 aliphatic heterocycles. The number of piperazine rings is 1. The number of thioether (sulfide) groups is 1. The van der Waals surface area contributed by atoms with Gasteiger partial charge in [-0.2, -0.15) is 11.8 Å². The minimum absolute atomic E-state index is 0.0247. The summed E-state index contributed by atoms with van der Waals surface area (Å²) in [6, 6.07) is -0.218. The molecule has 5 heteroatoms. The molecule has 2 saturated heterocycles. The molecule has 0 aromatic carbocycles. The molecule has 2 heterocycles. The largest absolute Gasteiger partial charge is 0.342 e. The highest BCUT2D eigenvalue weighted by Gasteiger charge is 2.42. The van der Waals surface area contributed by atoms with Crippen molar-refractivity contribution in [3.8, 4) is 0 Å². The maximum Gasteiger partial charge on any atom is 0.245 e. The number of carbonyl (C=O) groups is 2. The van der Waals surface area contributed by atoms with E-state index in [1.807, 2.05) is 16.7 Å². The van der Waals surface area contributed by atoms with Crippen LogP contribution < -0.4 is 5.32 Å². The summed E-state index contributed by atoms with van der Waals surface area (Å²) >= 11 is 1.99. The van der Waals surface area contributed by atoms with Crippen LogP contribution in [0.15, 0.2) is 0 Å². The van der Waals surface area contributed by atoms with E-state index in [0.717, 1.165) is 19.4 Å². The maximum absolute atomic E-state index is 12.3. The first-order valence-electron chi connectivity index (χ1n) is 6.90. The van der Waals surface area contributed by atoms with Gasteiger partial charge in [0.05, 0.1) is 6.54 Å². The van der Waals surface area contributed by atoms with Crippen LogP contribution in [0.25, 0.3) is 0 Å². The summed E-state index contributed by atoms with van der Waals surface area (Å²) < 4.78 is 0. The molecule has 0 bridgehead atoms. The van der Waals surface area contributed by atoms with Crippen LogP contribution in [0.2, 0.25) is 0 Å². The molecule has 1 unspecified atom stereocenters. The van der Waals surface area contributed by atoms with Gasteiger partial charge >= 0.3 is 0 Å². The van der Waals surface area contributed by atoms with E-state index in [9.17, 15) is 9.59 Å². The molecule has 100 valence electrons. The molecular weight excluding hydrogens is 248 g/mol. The summed E-state index contributed by atoms with van der Waals surface area (Å²) in [6.45, 7) is 1.06. The third-order valence-electron chi connectivity index (χ3n) is 4.14. The Kier molecular flexibility index (Phi) is 3.50. The number of amides is 2. The predicted molar refractivity (Wildman–Crippen MR) is 71.3 cm³/mol. The SMILES string of the molecule is O=C1CN(CC2CCSCC2)C(=O)C(C2CC2)N1. The van der Waals surface area contributed by atoms with Crippen molar-refractivity contribution in [2.45, 2.75) is 31.7 Å². The van der Waals surface area contributed by atoms with Gasteiger partial charge < -0.3 is 10.2 Å². The van der Waals surface area contributed by atoms with E-state index in [4.69, 9.17) is 0 Å². The predicted octanol–water partition coefficient (Wildman–Crippen LogP) is 0.867. The molecule has 0 radical (unpaired) electrons. The molecular formula is C13H20N2O2S. The highest BCUT2D eigenvalue weighted by molar-refractivity contribution is 7.99. The number of nitrogens with zero attached hydrogens (tertiary/aromatic N) is 1. The summed E-state index contributed by atoms with van der Waals surface area (Å²) in [6.07, 6.45) is 4.55. The lowest BCUT2D eigenvalue weighted by atomic mass is 10.0. The van der Waals surface area contributed by atoms with Gasteiger partial charge in [0.25, 0.3) is 0 Å².